The highest BCUT2D eigenvalue weighted by atomic mass is 16.3. The molecule has 5 N–H and O–H groups in total. The Morgan fingerprint density at radius 2 is 1.30 bits per heavy atom. The van der Waals surface area contributed by atoms with Crippen LogP contribution in [0.5, 0.6) is 5.75 Å². The van der Waals surface area contributed by atoms with Crippen molar-refractivity contribution < 1.29 is 9.90 Å². The van der Waals surface area contributed by atoms with Crippen LogP contribution >= 0.6 is 0 Å². The highest BCUT2D eigenvalue weighted by Gasteiger charge is 2.22. The summed E-state index contributed by atoms with van der Waals surface area (Å²) in [5.41, 5.74) is 14.9. The first-order chi connectivity index (χ1) is 27.5. The highest BCUT2D eigenvalue weighted by Crippen LogP contribution is 2.44. The van der Waals surface area contributed by atoms with Gasteiger partial charge in [0.05, 0.1) is 16.8 Å². The standard InChI is InChI=1S/C48H36N6O2.CH4/c49-34-22-24-35(25-23-34)52-53-46-44-33(21-28-40-39-16-8-10-18-43(39)50-45(40)44)30-41(47(46)55)48(56)51-42-17-9-7-11-32(42)29-31-19-26-38(27-20-31)54(36-12-3-1-4-13-36)37-14-5-2-6-15-37;/h1-28,30,50,55H,29,49H2,(H,51,56);1H4. The summed E-state index contributed by atoms with van der Waals surface area (Å²) >= 11 is 0. The molecule has 8 aromatic carbocycles. The lowest BCUT2D eigenvalue weighted by atomic mass is 9.99. The van der Waals surface area contributed by atoms with Crippen molar-refractivity contribution in [2.24, 2.45) is 10.2 Å². The van der Waals surface area contributed by atoms with Crippen molar-refractivity contribution in [3.05, 3.63) is 193 Å². The van der Waals surface area contributed by atoms with Crippen LogP contribution in [-0.2, 0) is 6.42 Å². The van der Waals surface area contributed by atoms with Crippen molar-refractivity contribution in [2.75, 3.05) is 16.0 Å². The van der Waals surface area contributed by atoms with E-state index in [4.69, 9.17) is 5.73 Å². The number of para-hydroxylation sites is 4. The molecule has 0 saturated carbocycles. The number of hydrogen-bond donors (Lipinski definition) is 4. The minimum absolute atomic E-state index is 0. The topological polar surface area (TPSA) is 119 Å². The number of carbonyl (C=O) groups excluding carboxylic acids is 1. The third kappa shape index (κ3) is 7.15. The van der Waals surface area contributed by atoms with Crippen LogP contribution < -0.4 is 16.0 Å². The van der Waals surface area contributed by atoms with E-state index in [0.717, 1.165) is 55.4 Å². The van der Waals surface area contributed by atoms with E-state index in [1.54, 1.807) is 30.3 Å². The molecule has 8 heteroatoms. The number of anilines is 5. The molecule has 57 heavy (non-hydrogen) atoms. The molecule has 0 aliphatic heterocycles. The van der Waals surface area contributed by atoms with Gasteiger partial charge in [0.15, 0.2) is 5.75 Å². The van der Waals surface area contributed by atoms with E-state index in [9.17, 15) is 9.90 Å². The Bertz CT molecular complexity index is 2850. The summed E-state index contributed by atoms with van der Waals surface area (Å²) in [6.07, 6.45) is 0.580. The van der Waals surface area contributed by atoms with Crippen LogP contribution in [-0.4, -0.2) is 16.0 Å². The molecular formula is C49H40N6O2. The molecule has 0 saturated heterocycles. The zero-order valence-corrected chi connectivity index (χ0v) is 30.2. The van der Waals surface area contributed by atoms with Gasteiger partial charge in [0.2, 0.25) is 0 Å². The van der Waals surface area contributed by atoms with Crippen LogP contribution in [0.4, 0.5) is 39.8 Å². The molecule has 0 aliphatic rings. The Morgan fingerprint density at radius 1 is 0.667 bits per heavy atom. The predicted octanol–water partition coefficient (Wildman–Crippen LogP) is 13.1. The lowest BCUT2D eigenvalue weighted by molar-refractivity contribution is 0.102. The van der Waals surface area contributed by atoms with Gasteiger partial charge in [-0.25, -0.2) is 0 Å². The first kappa shape index (κ1) is 36.3. The second-order valence-corrected chi connectivity index (χ2v) is 13.6. The largest absolute Gasteiger partial charge is 0.505 e. The summed E-state index contributed by atoms with van der Waals surface area (Å²) in [6.45, 7) is 0. The number of amides is 1. The van der Waals surface area contributed by atoms with E-state index in [1.165, 1.54) is 0 Å². The Morgan fingerprint density at radius 3 is 2.02 bits per heavy atom. The Labute approximate surface area is 330 Å². The second kappa shape index (κ2) is 15.6. The molecular weight excluding hydrogens is 705 g/mol. The molecule has 9 aromatic rings. The molecule has 0 atom stereocenters. The molecule has 278 valence electrons. The maximum Gasteiger partial charge on any atom is 0.259 e. The van der Waals surface area contributed by atoms with E-state index < -0.39 is 5.91 Å². The fourth-order valence-corrected chi connectivity index (χ4v) is 7.27. The van der Waals surface area contributed by atoms with Crippen LogP contribution in [0.1, 0.15) is 28.9 Å². The zero-order chi connectivity index (χ0) is 38.0. The van der Waals surface area contributed by atoms with Gasteiger partial charge in [-0.15, -0.1) is 5.11 Å². The zero-order valence-electron chi connectivity index (χ0n) is 30.2. The van der Waals surface area contributed by atoms with Crippen LogP contribution in [0.2, 0.25) is 0 Å². The van der Waals surface area contributed by atoms with Gasteiger partial charge in [-0.2, -0.15) is 5.11 Å². The van der Waals surface area contributed by atoms with Crippen LogP contribution in [0.3, 0.4) is 0 Å². The minimum atomic E-state index is -0.464. The third-order valence-electron chi connectivity index (χ3n) is 10.0. The van der Waals surface area contributed by atoms with Gasteiger partial charge in [0, 0.05) is 50.1 Å². The molecule has 1 heterocycles. The summed E-state index contributed by atoms with van der Waals surface area (Å²) in [5, 5.41) is 27.4. The lowest BCUT2D eigenvalue weighted by Gasteiger charge is -2.25. The summed E-state index contributed by atoms with van der Waals surface area (Å²) in [6, 6.07) is 57.5. The molecule has 0 spiro atoms. The number of carbonyl (C=O) groups is 1. The van der Waals surface area contributed by atoms with Gasteiger partial charge < -0.3 is 26.0 Å². The van der Waals surface area contributed by atoms with E-state index in [1.807, 2.05) is 97.1 Å². The highest BCUT2D eigenvalue weighted by molar-refractivity contribution is 6.22. The van der Waals surface area contributed by atoms with Crippen LogP contribution in [0.25, 0.3) is 32.6 Å². The first-order valence-electron chi connectivity index (χ1n) is 18.3. The average molecular weight is 745 g/mol. The van der Waals surface area contributed by atoms with Crippen LogP contribution in [0.15, 0.2) is 186 Å². The maximum absolute atomic E-state index is 14.2. The van der Waals surface area contributed by atoms with Gasteiger partial charge in [-0.3, -0.25) is 4.79 Å². The number of aromatic amines is 1. The number of hydrogen-bond acceptors (Lipinski definition) is 6. The molecule has 0 unspecified atom stereocenters. The summed E-state index contributed by atoms with van der Waals surface area (Å²) in [7, 11) is 0. The lowest BCUT2D eigenvalue weighted by Crippen LogP contribution is -2.14. The molecule has 0 aliphatic carbocycles. The third-order valence-corrected chi connectivity index (χ3v) is 10.0. The van der Waals surface area contributed by atoms with E-state index >= 15 is 0 Å². The van der Waals surface area contributed by atoms with Crippen molar-refractivity contribution in [3.63, 3.8) is 0 Å². The van der Waals surface area contributed by atoms with Crippen molar-refractivity contribution in [2.45, 2.75) is 13.8 Å². The average Bonchev–Trinajstić information content (AvgIpc) is 3.62. The van der Waals surface area contributed by atoms with Crippen molar-refractivity contribution in [3.8, 4) is 5.75 Å². The number of aromatic nitrogens is 1. The molecule has 9 rings (SSSR count). The number of azo groups is 1. The smallest absolute Gasteiger partial charge is 0.259 e. The number of aromatic hydroxyl groups is 1. The Kier molecular flexibility index (Phi) is 9.91. The normalized spacial score (nSPS) is 11.2. The van der Waals surface area contributed by atoms with Crippen molar-refractivity contribution >= 4 is 78.3 Å². The SMILES string of the molecule is C.Nc1ccc(N=Nc2c(O)c(C(=O)Nc3ccccc3Cc3ccc(N(c4ccccc4)c4ccccc4)cc3)cc3ccc4c5ccccc5[nH]c4c23)cc1. The van der Waals surface area contributed by atoms with Gasteiger partial charge >= 0.3 is 0 Å². The molecule has 8 nitrogen and oxygen atoms in total. The van der Waals surface area contributed by atoms with Gasteiger partial charge in [0.25, 0.3) is 5.91 Å². The number of nitrogens with two attached hydrogens (primary N) is 1. The van der Waals surface area contributed by atoms with E-state index in [2.05, 4.69) is 74.0 Å². The maximum atomic E-state index is 14.2. The summed E-state index contributed by atoms with van der Waals surface area (Å²) < 4.78 is 0. The Balaban J connectivity index is 0.00000455. The fraction of sp³-hybridized carbons (Fsp3) is 0.0408. The van der Waals surface area contributed by atoms with Gasteiger partial charge in [0.1, 0.15) is 5.69 Å². The van der Waals surface area contributed by atoms with Crippen molar-refractivity contribution in [1.29, 1.82) is 0 Å². The molecule has 0 radical (unpaired) electrons. The number of benzene rings is 8. The predicted molar refractivity (Wildman–Crippen MR) is 235 cm³/mol. The summed E-state index contributed by atoms with van der Waals surface area (Å²) in [4.78, 5) is 19.9. The molecule has 0 fully saturated rings. The molecule has 0 bridgehead atoms. The number of fused-ring (bicyclic) bond motifs is 5. The van der Waals surface area contributed by atoms with E-state index in [0.29, 0.717) is 28.9 Å². The number of nitrogens with zero attached hydrogens (tertiary/aromatic N) is 3. The van der Waals surface area contributed by atoms with E-state index in [-0.39, 0.29) is 24.4 Å². The monoisotopic (exact) mass is 744 g/mol. The van der Waals surface area contributed by atoms with Crippen molar-refractivity contribution in [1.82, 2.24) is 4.98 Å². The number of rotatable bonds is 9. The fourth-order valence-electron chi connectivity index (χ4n) is 7.27. The van der Waals surface area contributed by atoms with Gasteiger partial charge in [-0.05, 0) is 102 Å². The second-order valence-electron chi connectivity index (χ2n) is 13.6. The number of H-pyrrole nitrogens is 1. The first-order valence-corrected chi connectivity index (χ1v) is 18.3. The number of phenolic OH excluding ortho intramolecular Hbond substituents is 1. The number of nitrogens with one attached hydrogen (secondary N) is 2. The van der Waals surface area contributed by atoms with Crippen LogP contribution in [0, 0.1) is 0 Å². The minimum Gasteiger partial charge on any atom is -0.505 e. The number of nitrogen functional groups attached to an aromatic ring is 1. The molecule has 1 aromatic heterocycles. The number of phenols is 1. The Hall–Kier alpha value is -7.71. The quantitative estimate of drug-likeness (QED) is 0.0869. The molecule has 1 amide bonds. The summed E-state index contributed by atoms with van der Waals surface area (Å²) in [5.74, 6) is -0.732. The van der Waals surface area contributed by atoms with Gasteiger partial charge in [-0.1, -0.05) is 104 Å².